The van der Waals surface area contributed by atoms with E-state index in [9.17, 15) is 0 Å². The molecular weight excluding hydrogens is 168 g/mol. The Balaban J connectivity index is 2.78. The molecule has 14 heavy (non-hydrogen) atoms. The molecule has 1 aliphatic carbocycles. The maximum Gasteiger partial charge on any atom is -0.0238 e. The van der Waals surface area contributed by atoms with Gasteiger partial charge in [0, 0.05) is 0 Å². The van der Waals surface area contributed by atoms with Crippen LogP contribution in [0.5, 0.6) is 0 Å². The van der Waals surface area contributed by atoms with Crippen LogP contribution in [0.15, 0.2) is 0 Å². The topological polar surface area (TPSA) is 0 Å². The molecule has 0 aromatic carbocycles. The van der Waals surface area contributed by atoms with Gasteiger partial charge in [-0.3, -0.25) is 0 Å². The van der Waals surface area contributed by atoms with Crippen molar-refractivity contribution in [3.63, 3.8) is 0 Å². The van der Waals surface area contributed by atoms with Gasteiger partial charge >= 0.3 is 0 Å². The summed E-state index contributed by atoms with van der Waals surface area (Å²) in [5.74, 6) is 2.61. The summed E-state index contributed by atoms with van der Waals surface area (Å²) in [7, 11) is 0. The summed E-state index contributed by atoms with van der Waals surface area (Å²) in [4.78, 5) is 0. The summed E-state index contributed by atoms with van der Waals surface area (Å²) < 4.78 is 0. The van der Waals surface area contributed by atoms with Crippen molar-refractivity contribution in [2.75, 3.05) is 0 Å². The lowest BCUT2D eigenvalue weighted by atomic mass is 9.38. The molecule has 0 heterocycles. The van der Waals surface area contributed by atoms with Crippen LogP contribution in [-0.2, 0) is 0 Å². The molecule has 0 amide bonds. The molecule has 3 unspecified atom stereocenters. The monoisotopic (exact) mass is 196 g/mol. The second kappa shape index (κ2) is 3.54. The second-order valence-corrected chi connectivity index (χ2v) is 6.32. The highest BCUT2D eigenvalue weighted by Crippen LogP contribution is 2.66. The van der Waals surface area contributed by atoms with Crippen molar-refractivity contribution < 1.29 is 0 Å². The molecule has 0 bridgehead atoms. The molecular formula is C14H28. The van der Waals surface area contributed by atoms with Gasteiger partial charge in [-0.05, 0) is 28.6 Å². The zero-order chi connectivity index (χ0) is 11.1. The highest BCUT2D eigenvalue weighted by molar-refractivity contribution is 5.08. The van der Waals surface area contributed by atoms with Crippen LogP contribution in [0.4, 0.5) is 0 Å². The minimum atomic E-state index is 0.552. The van der Waals surface area contributed by atoms with Gasteiger partial charge in [0.2, 0.25) is 0 Å². The molecule has 0 aromatic heterocycles. The van der Waals surface area contributed by atoms with Gasteiger partial charge in [-0.25, -0.2) is 0 Å². The fourth-order valence-electron chi connectivity index (χ4n) is 3.85. The molecule has 0 spiro atoms. The van der Waals surface area contributed by atoms with E-state index in [4.69, 9.17) is 0 Å². The largest absolute Gasteiger partial charge is 0.0654 e. The fourth-order valence-corrected chi connectivity index (χ4v) is 3.85. The van der Waals surface area contributed by atoms with Crippen molar-refractivity contribution in [1.82, 2.24) is 0 Å². The van der Waals surface area contributed by atoms with E-state index in [0.29, 0.717) is 10.8 Å². The van der Waals surface area contributed by atoms with Gasteiger partial charge in [-0.1, -0.05) is 61.3 Å². The number of hydrogen-bond donors (Lipinski definition) is 0. The predicted molar refractivity (Wildman–Crippen MR) is 64.3 cm³/mol. The predicted octanol–water partition coefficient (Wildman–Crippen LogP) is 4.74. The Bertz CT molecular complexity index is 190. The van der Waals surface area contributed by atoms with Crippen LogP contribution in [0.2, 0.25) is 0 Å². The first-order valence-electron chi connectivity index (χ1n) is 6.29. The molecule has 0 N–H and O–H groups in total. The second-order valence-electron chi connectivity index (χ2n) is 6.32. The van der Waals surface area contributed by atoms with Gasteiger partial charge in [0.1, 0.15) is 0 Å². The lowest BCUT2D eigenvalue weighted by Crippen LogP contribution is -2.61. The lowest BCUT2D eigenvalue weighted by molar-refractivity contribution is -0.185. The summed E-state index contributed by atoms with van der Waals surface area (Å²) in [5, 5.41) is 0. The Labute approximate surface area is 90.5 Å². The molecule has 0 radical (unpaired) electrons. The van der Waals surface area contributed by atoms with E-state index in [0.717, 1.165) is 17.8 Å². The summed E-state index contributed by atoms with van der Waals surface area (Å²) >= 11 is 0. The van der Waals surface area contributed by atoms with Crippen molar-refractivity contribution >= 4 is 0 Å². The van der Waals surface area contributed by atoms with Gasteiger partial charge in [0.05, 0.1) is 0 Å². The van der Waals surface area contributed by atoms with Crippen molar-refractivity contribution in [1.29, 1.82) is 0 Å². The van der Waals surface area contributed by atoms with Crippen LogP contribution < -0.4 is 0 Å². The number of rotatable bonds is 3. The van der Waals surface area contributed by atoms with Gasteiger partial charge in [0.25, 0.3) is 0 Å². The first-order chi connectivity index (χ1) is 6.29. The van der Waals surface area contributed by atoms with E-state index in [-0.39, 0.29) is 0 Å². The van der Waals surface area contributed by atoms with Crippen LogP contribution in [0.3, 0.4) is 0 Å². The minimum absolute atomic E-state index is 0.552. The number of hydrogen-bond acceptors (Lipinski definition) is 0. The normalized spacial score (nSPS) is 43.1. The van der Waals surface area contributed by atoms with Crippen molar-refractivity contribution in [3.05, 3.63) is 0 Å². The Kier molecular flexibility index (Phi) is 3.05. The smallest absolute Gasteiger partial charge is 0.0238 e. The standard InChI is InChI=1S/C14H28/c1-8-9-10(2)14(7)11(3)13(5,6)12(14)4/h10-12H,8-9H2,1-7H3. The lowest BCUT2D eigenvalue weighted by Gasteiger charge is -2.66. The van der Waals surface area contributed by atoms with Crippen LogP contribution in [0.1, 0.15) is 61.3 Å². The maximum atomic E-state index is 2.51. The van der Waals surface area contributed by atoms with E-state index in [2.05, 4.69) is 48.5 Å². The highest BCUT2D eigenvalue weighted by Gasteiger charge is 2.60. The van der Waals surface area contributed by atoms with E-state index in [1.165, 1.54) is 12.8 Å². The van der Waals surface area contributed by atoms with Crippen LogP contribution in [0, 0.1) is 28.6 Å². The Hall–Kier alpha value is 0. The zero-order valence-electron chi connectivity index (χ0n) is 11.1. The van der Waals surface area contributed by atoms with Gasteiger partial charge in [-0.15, -0.1) is 0 Å². The van der Waals surface area contributed by atoms with E-state index >= 15 is 0 Å². The summed E-state index contributed by atoms with van der Waals surface area (Å²) in [5.41, 5.74) is 1.14. The Morgan fingerprint density at radius 2 is 1.50 bits per heavy atom. The molecule has 0 nitrogen and oxygen atoms in total. The Morgan fingerprint density at radius 1 is 1.07 bits per heavy atom. The maximum absolute atomic E-state index is 2.51. The molecule has 0 saturated heterocycles. The van der Waals surface area contributed by atoms with E-state index in [1.807, 2.05) is 0 Å². The van der Waals surface area contributed by atoms with Crippen molar-refractivity contribution in [2.24, 2.45) is 28.6 Å². The van der Waals surface area contributed by atoms with Gasteiger partial charge < -0.3 is 0 Å². The highest BCUT2D eigenvalue weighted by atomic mass is 14.6. The molecule has 3 atom stereocenters. The average molecular weight is 196 g/mol. The van der Waals surface area contributed by atoms with E-state index in [1.54, 1.807) is 0 Å². The first kappa shape index (κ1) is 12.1. The van der Waals surface area contributed by atoms with Crippen LogP contribution in [0.25, 0.3) is 0 Å². The minimum Gasteiger partial charge on any atom is -0.0654 e. The molecule has 84 valence electrons. The quantitative estimate of drug-likeness (QED) is 0.611. The van der Waals surface area contributed by atoms with Crippen LogP contribution in [-0.4, -0.2) is 0 Å². The Morgan fingerprint density at radius 3 is 1.86 bits per heavy atom. The third-order valence-electron chi connectivity index (χ3n) is 5.88. The molecule has 1 aliphatic rings. The first-order valence-corrected chi connectivity index (χ1v) is 6.29. The van der Waals surface area contributed by atoms with Gasteiger partial charge in [0.15, 0.2) is 0 Å². The summed E-state index contributed by atoms with van der Waals surface area (Å²) in [6.07, 6.45) is 2.72. The van der Waals surface area contributed by atoms with Crippen molar-refractivity contribution in [2.45, 2.75) is 61.3 Å². The average Bonchev–Trinajstić information content (AvgIpc) is 2.14. The van der Waals surface area contributed by atoms with E-state index < -0.39 is 0 Å². The zero-order valence-corrected chi connectivity index (χ0v) is 11.1. The van der Waals surface area contributed by atoms with Gasteiger partial charge in [-0.2, -0.15) is 0 Å². The third kappa shape index (κ3) is 1.33. The summed E-state index contributed by atoms with van der Waals surface area (Å²) in [6.45, 7) is 17.0. The van der Waals surface area contributed by atoms with Crippen molar-refractivity contribution in [3.8, 4) is 0 Å². The molecule has 1 saturated carbocycles. The van der Waals surface area contributed by atoms with Crippen LogP contribution >= 0.6 is 0 Å². The molecule has 0 aromatic rings. The fraction of sp³-hybridized carbons (Fsp3) is 1.00. The third-order valence-corrected chi connectivity index (χ3v) is 5.88. The molecule has 1 fully saturated rings. The molecule has 0 heteroatoms. The molecule has 1 rings (SSSR count). The SMILES string of the molecule is CCCC(C)C1(C)C(C)C(C)(C)C1C. The molecule has 0 aliphatic heterocycles. The summed E-state index contributed by atoms with van der Waals surface area (Å²) in [6, 6.07) is 0.